The van der Waals surface area contributed by atoms with Crippen LogP contribution in [0.25, 0.3) is 0 Å². The Morgan fingerprint density at radius 2 is 2.20 bits per heavy atom. The van der Waals surface area contributed by atoms with E-state index in [4.69, 9.17) is 10.9 Å². The number of nitrogens with two attached hydrogens (primary N) is 1. The van der Waals surface area contributed by atoms with Gasteiger partial charge in [0.25, 0.3) is 0 Å². The molecule has 1 aromatic heterocycles. The Kier molecular flexibility index (Phi) is 4.73. The Hall–Kier alpha value is -1.89. The van der Waals surface area contributed by atoms with Crippen molar-refractivity contribution in [3.63, 3.8) is 0 Å². The lowest BCUT2D eigenvalue weighted by molar-refractivity contribution is 0.215. The van der Waals surface area contributed by atoms with Crippen LogP contribution in [0.4, 0.5) is 10.2 Å². The number of anilines is 1. The molecule has 0 bridgehead atoms. The highest BCUT2D eigenvalue weighted by Crippen LogP contribution is 2.18. The third-order valence-electron chi connectivity index (χ3n) is 3.64. The van der Waals surface area contributed by atoms with Gasteiger partial charge >= 0.3 is 0 Å². The van der Waals surface area contributed by atoms with E-state index in [1.807, 2.05) is 11.8 Å². The Labute approximate surface area is 117 Å². The highest BCUT2D eigenvalue weighted by Gasteiger charge is 2.26. The van der Waals surface area contributed by atoms with E-state index in [1.165, 1.54) is 6.07 Å². The number of rotatable bonds is 4. The third kappa shape index (κ3) is 2.98. The van der Waals surface area contributed by atoms with Gasteiger partial charge in [0.2, 0.25) is 0 Å². The summed E-state index contributed by atoms with van der Waals surface area (Å²) in [6.07, 6.45) is 2.36. The standard InChI is InChI=1S/C13H20FN5O/c1-2-11(12(15)17-20)18-6-8-19(9-7-18)13-10(14)4-3-5-16-13/h3-5,11,20H,2,6-9H2,1H3,(H2,15,17). The number of piperazine rings is 1. The molecule has 110 valence electrons. The van der Waals surface area contributed by atoms with Crippen molar-refractivity contribution in [2.75, 3.05) is 31.1 Å². The maximum atomic E-state index is 13.7. The first kappa shape index (κ1) is 14.5. The highest BCUT2D eigenvalue weighted by atomic mass is 19.1. The molecule has 20 heavy (non-hydrogen) atoms. The number of amidine groups is 1. The first-order chi connectivity index (χ1) is 9.67. The van der Waals surface area contributed by atoms with Crippen molar-refractivity contribution < 1.29 is 9.60 Å². The molecule has 0 amide bonds. The van der Waals surface area contributed by atoms with Crippen LogP contribution < -0.4 is 10.6 Å². The second kappa shape index (κ2) is 6.51. The first-order valence-electron chi connectivity index (χ1n) is 6.74. The normalized spacial score (nSPS) is 19.1. The molecule has 1 aliphatic heterocycles. The lowest BCUT2D eigenvalue weighted by Crippen LogP contribution is -2.54. The third-order valence-corrected chi connectivity index (χ3v) is 3.64. The van der Waals surface area contributed by atoms with Gasteiger partial charge in [-0.05, 0) is 18.6 Å². The Morgan fingerprint density at radius 1 is 1.50 bits per heavy atom. The Balaban J connectivity index is 2.00. The number of oxime groups is 1. The fraction of sp³-hybridized carbons (Fsp3) is 0.538. The molecule has 0 saturated carbocycles. The minimum absolute atomic E-state index is 0.0734. The molecule has 2 heterocycles. The van der Waals surface area contributed by atoms with Crippen LogP contribution in [0, 0.1) is 5.82 Å². The first-order valence-corrected chi connectivity index (χ1v) is 6.74. The molecule has 1 fully saturated rings. The van der Waals surface area contributed by atoms with E-state index in [-0.39, 0.29) is 17.7 Å². The van der Waals surface area contributed by atoms with Crippen molar-refractivity contribution in [1.82, 2.24) is 9.88 Å². The summed E-state index contributed by atoms with van der Waals surface area (Å²) in [6, 6.07) is 2.93. The number of hydrogen-bond acceptors (Lipinski definition) is 5. The van der Waals surface area contributed by atoms with Crippen LogP contribution >= 0.6 is 0 Å². The molecule has 1 saturated heterocycles. The van der Waals surface area contributed by atoms with Gasteiger partial charge in [0.05, 0.1) is 6.04 Å². The fourth-order valence-corrected chi connectivity index (χ4v) is 2.58. The molecular formula is C13H20FN5O. The number of hydrogen-bond donors (Lipinski definition) is 2. The molecule has 6 nitrogen and oxygen atoms in total. The van der Waals surface area contributed by atoms with Gasteiger partial charge in [-0.15, -0.1) is 0 Å². The second-order valence-corrected chi connectivity index (χ2v) is 4.78. The molecule has 0 radical (unpaired) electrons. The van der Waals surface area contributed by atoms with E-state index in [0.29, 0.717) is 18.9 Å². The Bertz CT molecular complexity index is 474. The largest absolute Gasteiger partial charge is 0.409 e. The molecule has 0 spiro atoms. The van der Waals surface area contributed by atoms with Gasteiger partial charge in [-0.3, -0.25) is 4.90 Å². The summed E-state index contributed by atoms with van der Waals surface area (Å²) in [5.41, 5.74) is 5.70. The van der Waals surface area contributed by atoms with Crippen LogP contribution in [-0.2, 0) is 0 Å². The zero-order chi connectivity index (χ0) is 14.5. The SMILES string of the molecule is CCC(/C(N)=N/O)N1CCN(c2ncccc2F)CC1. The van der Waals surface area contributed by atoms with Gasteiger partial charge in [0.1, 0.15) is 0 Å². The minimum Gasteiger partial charge on any atom is -0.409 e. The Morgan fingerprint density at radius 3 is 2.75 bits per heavy atom. The van der Waals surface area contributed by atoms with Gasteiger partial charge in [-0.2, -0.15) is 0 Å². The zero-order valence-electron chi connectivity index (χ0n) is 11.5. The summed E-state index contributed by atoms with van der Waals surface area (Å²) >= 11 is 0. The molecule has 0 aromatic carbocycles. The summed E-state index contributed by atoms with van der Waals surface area (Å²) in [7, 11) is 0. The van der Waals surface area contributed by atoms with Gasteiger partial charge in [0, 0.05) is 32.4 Å². The smallest absolute Gasteiger partial charge is 0.165 e. The van der Waals surface area contributed by atoms with Crippen LogP contribution in [-0.4, -0.2) is 53.1 Å². The van der Waals surface area contributed by atoms with Crippen molar-refractivity contribution in [3.05, 3.63) is 24.1 Å². The molecule has 0 aliphatic carbocycles. The molecule has 1 atom stereocenters. The van der Waals surface area contributed by atoms with E-state index in [1.54, 1.807) is 12.3 Å². The van der Waals surface area contributed by atoms with Crippen LogP contribution in [0.15, 0.2) is 23.5 Å². The van der Waals surface area contributed by atoms with E-state index in [2.05, 4.69) is 15.0 Å². The summed E-state index contributed by atoms with van der Waals surface area (Å²) < 4.78 is 13.7. The maximum Gasteiger partial charge on any atom is 0.165 e. The lowest BCUT2D eigenvalue weighted by atomic mass is 10.1. The maximum absolute atomic E-state index is 13.7. The lowest BCUT2D eigenvalue weighted by Gasteiger charge is -2.39. The van der Waals surface area contributed by atoms with Gasteiger partial charge in [-0.25, -0.2) is 9.37 Å². The van der Waals surface area contributed by atoms with Crippen LogP contribution in [0.2, 0.25) is 0 Å². The predicted molar refractivity (Wildman–Crippen MR) is 75.5 cm³/mol. The average molecular weight is 281 g/mol. The van der Waals surface area contributed by atoms with Crippen LogP contribution in [0.5, 0.6) is 0 Å². The van der Waals surface area contributed by atoms with Crippen LogP contribution in [0.3, 0.4) is 0 Å². The topological polar surface area (TPSA) is 78.0 Å². The fourth-order valence-electron chi connectivity index (χ4n) is 2.58. The monoisotopic (exact) mass is 281 g/mol. The van der Waals surface area contributed by atoms with Crippen molar-refractivity contribution in [2.24, 2.45) is 10.9 Å². The van der Waals surface area contributed by atoms with Crippen molar-refractivity contribution in [2.45, 2.75) is 19.4 Å². The molecule has 3 N–H and O–H groups in total. The summed E-state index contributed by atoms with van der Waals surface area (Å²) in [6.45, 7) is 4.79. The molecule has 2 rings (SSSR count). The summed E-state index contributed by atoms with van der Waals surface area (Å²) in [4.78, 5) is 8.15. The summed E-state index contributed by atoms with van der Waals surface area (Å²) in [5, 5.41) is 11.9. The van der Waals surface area contributed by atoms with E-state index in [0.717, 1.165) is 19.5 Å². The van der Waals surface area contributed by atoms with Crippen molar-refractivity contribution >= 4 is 11.7 Å². The predicted octanol–water partition coefficient (Wildman–Crippen LogP) is 0.868. The van der Waals surface area contributed by atoms with Gasteiger partial charge in [-0.1, -0.05) is 12.1 Å². The number of halogens is 1. The minimum atomic E-state index is -0.301. The van der Waals surface area contributed by atoms with Gasteiger partial charge in [0.15, 0.2) is 17.5 Å². The molecule has 1 aromatic rings. The van der Waals surface area contributed by atoms with Crippen LogP contribution in [0.1, 0.15) is 13.3 Å². The molecule has 1 aliphatic rings. The molecule has 7 heteroatoms. The van der Waals surface area contributed by atoms with E-state index < -0.39 is 0 Å². The number of pyridine rings is 1. The quantitative estimate of drug-likeness (QED) is 0.370. The average Bonchev–Trinajstić information content (AvgIpc) is 2.49. The number of nitrogens with zero attached hydrogens (tertiary/aromatic N) is 4. The van der Waals surface area contributed by atoms with Crippen molar-refractivity contribution in [3.8, 4) is 0 Å². The zero-order valence-corrected chi connectivity index (χ0v) is 11.5. The highest BCUT2D eigenvalue weighted by molar-refractivity contribution is 5.85. The molecule has 1 unspecified atom stereocenters. The summed E-state index contributed by atoms with van der Waals surface area (Å²) in [5.74, 6) is 0.318. The number of aromatic nitrogens is 1. The van der Waals surface area contributed by atoms with E-state index in [9.17, 15) is 4.39 Å². The second-order valence-electron chi connectivity index (χ2n) is 4.78. The van der Waals surface area contributed by atoms with Crippen molar-refractivity contribution in [1.29, 1.82) is 0 Å². The molecular weight excluding hydrogens is 261 g/mol. The van der Waals surface area contributed by atoms with Gasteiger partial charge < -0.3 is 15.8 Å². The van der Waals surface area contributed by atoms with E-state index >= 15 is 0 Å².